The average molecular weight is 326 g/mol. The van der Waals surface area contributed by atoms with Crippen LogP contribution in [0.1, 0.15) is 16.1 Å². The number of hydrogen-bond acceptors (Lipinski definition) is 4. The van der Waals surface area contributed by atoms with Crippen molar-refractivity contribution in [1.82, 2.24) is 0 Å². The average Bonchev–Trinajstić information content (AvgIpc) is 2.85. The van der Waals surface area contributed by atoms with Gasteiger partial charge in [0.2, 0.25) is 5.76 Å². The maximum absolute atomic E-state index is 10.9. The van der Waals surface area contributed by atoms with E-state index in [4.69, 9.17) is 14.3 Å². The second-order valence-corrected chi connectivity index (χ2v) is 4.64. The monoisotopic (exact) mass is 325 g/mol. The van der Waals surface area contributed by atoms with Crippen molar-refractivity contribution in [1.29, 1.82) is 0 Å². The van der Waals surface area contributed by atoms with Crippen LogP contribution in [0.15, 0.2) is 39.4 Å². The molecule has 2 rings (SSSR count). The second-order valence-electron chi connectivity index (χ2n) is 3.78. The molecule has 19 heavy (non-hydrogen) atoms. The summed E-state index contributed by atoms with van der Waals surface area (Å²) in [4.78, 5) is 10.9. The normalized spacial score (nSPS) is 10.2. The van der Waals surface area contributed by atoms with Gasteiger partial charge in [0.25, 0.3) is 0 Å². The third-order valence-corrected chi connectivity index (χ3v) is 3.20. The summed E-state index contributed by atoms with van der Waals surface area (Å²) < 4.78 is 10.9. The van der Waals surface area contributed by atoms with Gasteiger partial charge in [0, 0.05) is 17.8 Å². The van der Waals surface area contributed by atoms with Gasteiger partial charge in [-0.05, 0) is 40.2 Å². The zero-order valence-corrected chi connectivity index (χ0v) is 11.7. The molecule has 0 atom stereocenters. The van der Waals surface area contributed by atoms with Crippen LogP contribution in [-0.2, 0) is 6.54 Å². The molecule has 0 aliphatic carbocycles. The molecule has 0 aliphatic heterocycles. The summed E-state index contributed by atoms with van der Waals surface area (Å²) in [5.41, 5.74) is 1.45. The lowest BCUT2D eigenvalue weighted by atomic mass is 10.2. The minimum absolute atomic E-state index is 0.0416. The summed E-state index contributed by atoms with van der Waals surface area (Å²) in [6, 6.07) is 7.17. The molecule has 0 unspecified atom stereocenters. The molecular weight excluding hydrogens is 314 g/mol. The molecule has 6 heteroatoms. The topological polar surface area (TPSA) is 71.7 Å². The van der Waals surface area contributed by atoms with Crippen LogP contribution < -0.4 is 10.1 Å². The Morgan fingerprint density at radius 1 is 1.47 bits per heavy atom. The van der Waals surface area contributed by atoms with Crippen LogP contribution in [0.5, 0.6) is 5.75 Å². The largest absolute Gasteiger partial charge is 0.496 e. The fourth-order valence-corrected chi connectivity index (χ4v) is 2.18. The summed E-state index contributed by atoms with van der Waals surface area (Å²) in [5.74, 6) is -0.377. The Morgan fingerprint density at radius 3 is 2.89 bits per heavy atom. The summed E-state index contributed by atoms with van der Waals surface area (Å²) in [6.45, 7) is 0.372. The predicted octanol–water partition coefficient (Wildman–Crippen LogP) is 3.36. The number of halogens is 1. The van der Waals surface area contributed by atoms with E-state index in [0.29, 0.717) is 12.1 Å². The van der Waals surface area contributed by atoms with Crippen LogP contribution >= 0.6 is 15.9 Å². The molecular formula is C13H12BrNO4. The highest BCUT2D eigenvalue weighted by Gasteiger charge is 2.13. The zero-order valence-electron chi connectivity index (χ0n) is 10.1. The Hall–Kier alpha value is -1.95. The van der Waals surface area contributed by atoms with Gasteiger partial charge >= 0.3 is 5.97 Å². The molecule has 0 spiro atoms. The molecule has 1 aromatic carbocycles. The molecule has 0 saturated heterocycles. The minimum atomic E-state index is -1.07. The van der Waals surface area contributed by atoms with Crippen LogP contribution in [-0.4, -0.2) is 18.2 Å². The zero-order chi connectivity index (χ0) is 13.8. The maximum Gasteiger partial charge on any atom is 0.372 e. The number of anilines is 1. The van der Waals surface area contributed by atoms with Crippen LogP contribution in [0.3, 0.4) is 0 Å². The van der Waals surface area contributed by atoms with E-state index in [1.807, 2.05) is 18.2 Å². The molecule has 0 amide bonds. The van der Waals surface area contributed by atoms with Gasteiger partial charge in [-0.15, -0.1) is 0 Å². The third-order valence-electron chi connectivity index (χ3n) is 2.58. The number of aromatic carboxylic acids is 1. The Kier molecular flexibility index (Phi) is 4.11. The van der Waals surface area contributed by atoms with Crippen LogP contribution in [0.25, 0.3) is 0 Å². The lowest BCUT2D eigenvalue weighted by molar-refractivity contribution is 0.0661. The summed E-state index contributed by atoms with van der Waals surface area (Å²) in [7, 11) is 1.60. The van der Waals surface area contributed by atoms with Crippen molar-refractivity contribution in [3.63, 3.8) is 0 Å². The smallest absolute Gasteiger partial charge is 0.372 e. The molecule has 2 N–H and O–H groups in total. The first-order chi connectivity index (χ1) is 9.11. The Morgan fingerprint density at radius 2 is 2.26 bits per heavy atom. The molecule has 0 radical (unpaired) electrons. The van der Waals surface area contributed by atoms with E-state index in [0.717, 1.165) is 15.9 Å². The highest BCUT2D eigenvalue weighted by molar-refractivity contribution is 9.10. The number of carbonyl (C=O) groups is 1. The van der Waals surface area contributed by atoms with E-state index in [1.165, 1.54) is 6.26 Å². The number of nitrogens with one attached hydrogen (secondary N) is 1. The fourth-order valence-electron chi connectivity index (χ4n) is 1.64. The van der Waals surface area contributed by atoms with E-state index in [-0.39, 0.29) is 5.76 Å². The Balaban J connectivity index is 2.08. The van der Waals surface area contributed by atoms with Crippen molar-refractivity contribution in [2.75, 3.05) is 12.4 Å². The molecule has 100 valence electrons. The summed E-state index contributed by atoms with van der Waals surface area (Å²) in [5, 5.41) is 12.0. The van der Waals surface area contributed by atoms with Crippen LogP contribution in [0.4, 0.5) is 5.69 Å². The number of benzene rings is 1. The first kappa shape index (κ1) is 13.5. The van der Waals surface area contributed by atoms with Gasteiger partial charge in [-0.3, -0.25) is 0 Å². The van der Waals surface area contributed by atoms with E-state index in [9.17, 15) is 4.79 Å². The van der Waals surface area contributed by atoms with E-state index in [2.05, 4.69) is 21.2 Å². The maximum atomic E-state index is 10.9. The van der Waals surface area contributed by atoms with Crippen molar-refractivity contribution in [3.05, 3.63) is 46.3 Å². The fraction of sp³-hybridized carbons (Fsp3) is 0.154. The van der Waals surface area contributed by atoms with Gasteiger partial charge < -0.3 is 19.6 Å². The van der Waals surface area contributed by atoms with E-state index in [1.54, 1.807) is 13.2 Å². The Labute approximate surface area is 118 Å². The minimum Gasteiger partial charge on any atom is -0.496 e. The number of hydrogen-bond donors (Lipinski definition) is 2. The molecule has 2 aromatic rings. The highest BCUT2D eigenvalue weighted by atomic mass is 79.9. The molecule has 0 bridgehead atoms. The number of carboxylic acids is 1. The van der Waals surface area contributed by atoms with Crippen molar-refractivity contribution in [3.8, 4) is 5.75 Å². The van der Waals surface area contributed by atoms with Crippen LogP contribution in [0, 0.1) is 0 Å². The number of methoxy groups -OCH3 is 1. The predicted molar refractivity (Wildman–Crippen MR) is 73.7 cm³/mol. The summed E-state index contributed by atoms with van der Waals surface area (Å²) >= 11 is 3.39. The number of rotatable bonds is 5. The quantitative estimate of drug-likeness (QED) is 0.881. The van der Waals surface area contributed by atoms with Crippen molar-refractivity contribution >= 4 is 27.6 Å². The standard InChI is InChI=1S/C13H12BrNO4/c1-18-11-3-2-9(6-10(11)14)15-7-8-4-5-19-12(8)13(16)17/h2-6,15H,7H2,1H3,(H,16,17). The van der Waals surface area contributed by atoms with E-state index >= 15 is 0 Å². The highest BCUT2D eigenvalue weighted by Crippen LogP contribution is 2.28. The SMILES string of the molecule is COc1ccc(NCc2ccoc2C(=O)O)cc1Br. The molecule has 0 fully saturated rings. The molecule has 1 heterocycles. The van der Waals surface area contributed by atoms with Gasteiger partial charge in [-0.25, -0.2) is 4.79 Å². The van der Waals surface area contributed by atoms with Gasteiger partial charge in [0.05, 0.1) is 17.8 Å². The third kappa shape index (κ3) is 3.08. The lowest BCUT2D eigenvalue weighted by Crippen LogP contribution is -2.04. The van der Waals surface area contributed by atoms with Gasteiger partial charge in [0.15, 0.2) is 0 Å². The van der Waals surface area contributed by atoms with Crippen molar-refractivity contribution in [2.24, 2.45) is 0 Å². The lowest BCUT2D eigenvalue weighted by Gasteiger charge is -2.08. The van der Waals surface area contributed by atoms with Crippen molar-refractivity contribution < 1.29 is 19.1 Å². The molecule has 5 nitrogen and oxygen atoms in total. The van der Waals surface area contributed by atoms with Gasteiger partial charge in [-0.2, -0.15) is 0 Å². The molecule has 0 aliphatic rings. The molecule has 0 saturated carbocycles. The second kappa shape index (κ2) is 5.79. The number of furan rings is 1. The number of ether oxygens (including phenoxy) is 1. The number of carboxylic acid groups (broad SMARTS) is 1. The molecule has 1 aromatic heterocycles. The van der Waals surface area contributed by atoms with Gasteiger partial charge in [-0.1, -0.05) is 0 Å². The Bertz CT molecular complexity index is 594. The first-order valence-electron chi connectivity index (χ1n) is 5.49. The van der Waals surface area contributed by atoms with Crippen molar-refractivity contribution in [2.45, 2.75) is 6.54 Å². The van der Waals surface area contributed by atoms with E-state index < -0.39 is 5.97 Å². The summed E-state index contributed by atoms with van der Waals surface area (Å²) in [6.07, 6.45) is 1.37. The van der Waals surface area contributed by atoms with Gasteiger partial charge in [0.1, 0.15) is 5.75 Å². The van der Waals surface area contributed by atoms with Crippen LogP contribution in [0.2, 0.25) is 0 Å². The first-order valence-corrected chi connectivity index (χ1v) is 6.28.